The van der Waals surface area contributed by atoms with Crippen LogP contribution in [0.4, 0.5) is 10.7 Å². The highest BCUT2D eigenvalue weighted by molar-refractivity contribution is 8.00. The standard InChI is InChI=1S/C32H29ClN2O4S2/c1-2-39-32(38)27-25-16-6-7-17-26(25)41-31(27)35-30(37)28(20-10-4-3-5-11-20)40-24-15-9-14-23(19-24)34-29(36)21-12-8-13-22(33)18-21/h3-5,8-15,18-19,28H,2,6-7,16-17H2,1H3,(H,34,36)(H,35,37). The summed E-state index contributed by atoms with van der Waals surface area (Å²) in [6.45, 7) is 2.05. The Kier molecular flexibility index (Phi) is 9.44. The van der Waals surface area contributed by atoms with Crippen LogP contribution in [0.3, 0.4) is 0 Å². The molecule has 2 amide bonds. The lowest BCUT2D eigenvalue weighted by Crippen LogP contribution is -2.20. The highest BCUT2D eigenvalue weighted by Gasteiger charge is 2.30. The molecule has 2 N–H and O–H groups in total. The predicted molar refractivity (Wildman–Crippen MR) is 166 cm³/mol. The van der Waals surface area contributed by atoms with Crippen LogP contribution in [0.2, 0.25) is 5.02 Å². The number of nitrogens with one attached hydrogen (secondary N) is 2. The van der Waals surface area contributed by atoms with E-state index in [9.17, 15) is 14.4 Å². The smallest absolute Gasteiger partial charge is 0.341 e. The Balaban J connectivity index is 1.40. The van der Waals surface area contributed by atoms with E-state index in [4.69, 9.17) is 16.3 Å². The van der Waals surface area contributed by atoms with Crippen LogP contribution in [0.15, 0.2) is 83.8 Å². The van der Waals surface area contributed by atoms with Gasteiger partial charge in [-0.15, -0.1) is 23.1 Å². The number of hydrogen-bond acceptors (Lipinski definition) is 6. The Morgan fingerprint density at radius 2 is 1.73 bits per heavy atom. The van der Waals surface area contributed by atoms with E-state index >= 15 is 0 Å². The van der Waals surface area contributed by atoms with Gasteiger partial charge < -0.3 is 15.4 Å². The van der Waals surface area contributed by atoms with Crippen LogP contribution in [-0.4, -0.2) is 24.4 Å². The minimum absolute atomic E-state index is 0.237. The zero-order valence-corrected chi connectivity index (χ0v) is 24.8. The number of anilines is 2. The van der Waals surface area contributed by atoms with Crippen molar-refractivity contribution in [3.05, 3.63) is 111 Å². The molecule has 1 aliphatic carbocycles. The molecule has 1 heterocycles. The second-order valence-corrected chi connectivity index (χ2v) is 12.2. The van der Waals surface area contributed by atoms with Crippen LogP contribution in [0.5, 0.6) is 0 Å². The second-order valence-electron chi connectivity index (χ2n) is 9.53. The number of carbonyl (C=O) groups excluding carboxylic acids is 3. The molecule has 0 saturated heterocycles. The van der Waals surface area contributed by atoms with E-state index in [1.807, 2.05) is 48.5 Å². The fraction of sp³-hybridized carbons (Fsp3) is 0.219. The van der Waals surface area contributed by atoms with E-state index in [0.29, 0.717) is 26.8 Å². The van der Waals surface area contributed by atoms with Crippen LogP contribution < -0.4 is 10.6 Å². The van der Waals surface area contributed by atoms with Crippen LogP contribution in [-0.2, 0) is 22.4 Å². The van der Waals surface area contributed by atoms with Gasteiger partial charge in [-0.25, -0.2) is 4.79 Å². The van der Waals surface area contributed by atoms with Gasteiger partial charge in [0.05, 0.1) is 12.2 Å². The van der Waals surface area contributed by atoms with E-state index in [-0.39, 0.29) is 18.4 Å². The van der Waals surface area contributed by atoms with Crippen LogP contribution >= 0.6 is 34.7 Å². The number of thiophene rings is 1. The second kappa shape index (κ2) is 13.4. The molecule has 3 aromatic carbocycles. The van der Waals surface area contributed by atoms with Crippen molar-refractivity contribution in [2.75, 3.05) is 17.2 Å². The number of amides is 2. The van der Waals surface area contributed by atoms with Crippen molar-refractivity contribution >= 4 is 63.2 Å². The van der Waals surface area contributed by atoms with Crippen molar-refractivity contribution in [2.45, 2.75) is 42.8 Å². The lowest BCUT2D eigenvalue weighted by atomic mass is 9.95. The van der Waals surface area contributed by atoms with Crippen molar-refractivity contribution in [3.8, 4) is 0 Å². The molecule has 1 aromatic heterocycles. The molecule has 5 rings (SSSR count). The molecule has 0 fully saturated rings. The molecule has 4 aromatic rings. The largest absolute Gasteiger partial charge is 0.462 e. The van der Waals surface area contributed by atoms with Crippen molar-refractivity contribution in [3.63, 3.8) is 0 Å². The first-order valence-electron chi connectivity index (χ1n) is 13.4. The topological polar surface area (TPSA) is 84.5 Å². The molecule has 9 heteroatoms. The number of aryl methyl sites for hydroxylation is 1. The monoisotopic (exact) mass is 604 g/mol. The number of esters is 1. The first-order chi connectivity index (χ1) is 19.9. The normalized spacial score (nSPS) is 13.1. The Hall–Kier alpha value is -3.59. The van der Waals surface area contributed by atoms with Crippen molar-refractivity contribution in [1.29, 1.82) is 0 Å². The maximum atomic E-state index is 13.9. The van der Waals surface area contributed by atoms with E-state index in [2.05, 4.69) is 10.6 Å². The molecule has 0 radical (unpaired) electrons. The van der Waals surface area contributed by atoms with E-state index in [0.717, 1.165) is 46.6 Å². The summed E-state index contributed by atoms with van der Waals surface area (Å²) < 4.78 is 5.37. The van der Waals surface area contributed by atoms with Gasteiger partial charge in [0.25, 0.3) is 5.91 Å². The van der Waals surface area contributed by atoms with Gasteiger partial charge in [0.15, 0.2) is 0 Å². The highest BCUT2D eigenvalue weighted by Crippen LogP contribution is 2.41. The first-order valence-corrected chi connectivity index (χ1v) is 15.5. The number of ether oxygens (including phenoxy) is 1. The Morgan fingerprint density at radius 1 is 0.951 bits per heavy atom. The van der Waals surface area contributed by atoms with E-state index < -0.39 is 11.2 Å². The summed E-state index contributed by atoms with van der Waals surface area (Å²) in [4.78, 5) is 41.5. The number of carbonyl (C=O) groups is 3. The predicted octanol–water partition coefficient (Wildman–Crippen LogP) is 8.18. The van der Waals surface area contributed by atoms with Crippen LogP contribution in [0, 0.1) is 0 Å². The summed E-state index contributed by atoms with van der Waals surface area (Å²) >= 11 is 8.89. The molecule has 0 spiro atoms. The molecule has 1 atom stereocenters. The van der Waals surface area contributed by atoms with Crippen molar-refractivity contribution in [2.24, 2.45) is 0 Å². The summed E-state index contributed by atoms with van der Waals surface area (Å²) in [6.07, 6.45) is 3.78. The molecule has 0 bridgehead atoms. The first kappa shape index (κ1) is 28.9. The van der Waals surface area contributed by atoms with Crippen LogP contribution in [0.25, 0.3) is 0 Å². The van der Waals surface area contributed by atoms with Crippen molar-refractivity contribution < 1.29 is 19.1 Å². The lowest BCUT2D eigenvalue weighted by molar-refractivity contribution is -0.115. The lowest BCUT2D eigenvalue weighted by Gasteiger charge is -2.18. The molecular formula is C32H29ClN2O4S2. The molecule has 210 valence electrons. The molecule has 0 saturated carbocycles. The summed E-state index contributed by atoms with van der Waals surface area (Å²) in [5.41, 5.74) is 3.36. The molecule has 6 nitrogen and oxygen atoms in total. The molecule has 1 unspecified atom stereocenters. The van der Waals surface area contributed by atoms with Crippen molar-refractivity contribution in [1.82, 2.24) is 0 Å². The number of fused-ring (bicyclic) bond motifs is 1. The third kappa shape index (κ3) is 7.01. The van der Waals surface area contributed by atoms with Gasteiger partial charge in [-0.3, -0.25) is 9.59 Å². The van der Waals surface area contributed by atoms with E-state index in [1.165, 1.54) is 23.1 Å². The van der Waals surface area contributed by atoms with Crippen LogP contribution in [0.1, 0.15) is 61.7 Å². The summed E-state index contributed by atoms with van der Waals surface area (Å²) in [5, 5.41) is 6.40. The minimum Gasteiger partial charge on any atom is -0.462 e. The number of rotatable bonds is 9. The maximum absolute atomic E-state index is 13.9. The zero-order valence-electron chi connectivity index (χ0n) is 22.4. The Bertz CT molecular complexity index is 1570. The average Bonchev–Trinajstić information content (AvgIpc) is 3.34. The fourth-order valence-corrected chi connectivity index (χ4v) is 7.32. The maximum Gasteiger partial charge on any atom is 0.341 e. The third-order valence-corrected chi connectivity index (χ3v) is 9.35. The third-order valence-electron chi connectivity index (χ3n) is 6.66. The molecular weight excluding hydrogens is 576 g/mol. The fourth-order valence-electron chi connectivity index (χ4n) is 4.77. The summed E-state index contributed by atoms with van der Waals surface area (Å²) in [5.74, 6) is -0.909. The number of thioether (sulfide) groups is 1. The number of hydrogen-bond donors (Lipinski definition) is 2. The average molecular weight is 605 g/mol. The van der Waals surface area contributed by atoms with Gasteiger partial charge in [-0.2, -0.15) is 0 Å². The molecule has 0 aliphatic heterocycles. The van der Waals surface area contributed by atoms with Gasteiger partial charge in [0.1, 0.15) is 10.3 Å². The van der Waals surface area contributed by atoms with Gasteiger partial charge >= 0.3 is 5.97 Å². The quantitative estimate of drug-likeness (QED) is 0.149. The minimum atomic E-state index is -0.607. The van der Waals surface area contributed by atoms with Gasteiger partial charge in [0.2, 0.25) is 5.91 Å². The molecule has 1 aliphatic rings. The Morgan fingerprint density at radius 3 is 2.51 bits per heavy atom. The molecule has 41 heavy (non-hydrogen) atoms. The number of halogens is 1. The summed E-state index contributed by atoms with van der Waals surface area (Å²) in [6, 6.07) is 23.6. The zero-order chi connectivity index (χ0) is 28.8. The Labute approximate surface area is 252 Å². The van der Waals surface area contributed by atoms with Gasteiger partial charge in [0, 0.05) is 26.0 Å². The number of benzene rings is 3. The SMILES string of the molecule is CCOC(=O)c1c(NC(=O)C(Sc2cccc(NC(=O)c3cccc(Cl)c3)c2)c2ccccc2)sc2c1CCCC2. The summed E-state index contributed by atoms with van der Waals surface area (Å²) in [7, 11) is 0. The van der Waals surface area contributed by atoms with Gasteiger partial charge in [-0.1, -0.05) is 54.1 Å². The van der Waals surface area contributed by atoms with Gasteiger partial charge in [-0.05, 0) is 80.1 Å². The highest BCUT2D eigenvalue weighted by atomic mass is 35.5. The van der Waals surface area contributed by atoms with E-state index in [1.54, 1.807) is 37.3 Å².